The van der Waals surface area contributed by atoms with E-state index in [1.165, 1.54) is 135 Å². The third-order valence-electron chi connectivity index (χ3n) is 9.96. The van der Waals surface area contributed by atoms with Crippen molar-refractivity contribution in [1.82, 2.24) is 0 Å². The predicted octanol–water partition coefficient (Wildman–Crippen LogP) is 14.5. The van der Waals surface area contributed by atoms with Crippen LogP contribution in [0.25, 0.3) is 0 Å². The van der Waals surface area contributed by atoms with Crippen molar-refractivity contribution in [3.8, 4) is 0 Å². The molecule has 0 aliphatic carbocycles. The summed E-state index contributed by atoms with van der Waals surface area (Å²) in [7, 11) is 0. The molecule has 0 rings (SSSR count). The van der Waals surface area contributed by atoms with Gasteiger partial charge in [0, 0.05) is 0 Å². The highest BCUT2D eigenvalue weighted by atomic mass is 14.2. The Morgan fingerprint density at radius 1 is 0.300 bits per heavy atom. The Labute approximate surface area is 257 Å². The predicted molar refractivity (Wildman–Crippen MR) is 186 cm³/mol. The highest BCUT2D eigenvalue weighted by Gasteiger charge is 2.10. The second kappa shape index (κ2) is 26.6. The summed E-state index contributed by atoms with van der Waals surface area (Å²) in [6.45, 7) is 24.3. The summed E-state index contributed by atoms with van der Waals surface area (Å²) < 4.78 is 0. The van der Waals surface area contributed by atoms with Crippen LogP contribution < -0.4 is 0 Å². The molecule has 40 heavy (non-hydrogen) atoms. The van der Waals surface area contributed by atoms with Gasteiger partial charge in [-0.25, -0.2) is 0 Å². The summed E-state index contributed by atoms with van der Waals surface area (Å²) in [5, 5.41) is 0. The molecule has 1 radical (unpaired) electrons. The Kier molecular flexibility index (Phi) is 26.6. The number of hydrogen-bond acceptors (Lipinski definition) is 0. The molecule has 0 nitrogen and oxygen atoms in total. The van der Waals surface area contributed by atoms with Gasteiger partial charge in [0.15, 0.2) is 0 Å². The monoisotopic (exact) mass is 562 g/mol. The number of unbranched alkanes of at least 4 members (excludes halogenated alkanes) is 1. The van der Waals surface area contributed by atoms with E-state index in [9.17, 15) is 0 Å². The molecule has 0 heteroatoms. The van der Waals surface area contributed by atoms with Crippen LogP contribution in [0.4, 0.5) is 0 Å². The highest BCUT2D eigenvalue weighted by Crippen LogP contribution is 2.25. The maximum Gasteiger partial charge on any atom is -0.0383 e. The number of rotatable bonds is 29. The van der Waals surface area contributed by atoms with Gasteiger partial charge >= 0.3 is 0 Å². The van der Waals surface area contributed by atoms with Gasteiger partial charge in [0.1, 0.15) is 0 Å². The fourth-order valence-corrected chi connectivity index (χ4v) is 6.65. The summed E-state index contributed by atoms with van der Waals surface area (Å²) in [4.78, 5) is 0. The van der Waals surface area contributed by atoms with Gasteiger partial charge in [-0.15, -0.1) is 0 Å². The molecule has 0 spiro atoms. The SMILES string of the molecule is CC(C)CCCC(C)CCCC(C)CCCC(C)C[CH]CCC(C)CCCC(C)CCCC(C)CCCC(C)C. The molecule has 0 saturated carbocycles. The van der Waals surface area contributed by atoms with E-state index < -0.39 is 0 Å². The second-order valence-corrected chi connectivity index (χ2v) is 16.1. The number of hydrogen-bond donors (Lipinski definition) is 0. The molecule has 241 valence electrons. The highest BCUT2D eigenvalue weighted by molar-refractivity contribution is 4.71. The zero-order valence-electron chi connectivity index (χ0n) is 30.0. The summed E-state index contributed by atoms with van der Waals surface area (Å²) in [5.74, 6) is 7.23. The molecule has 0 aromatic heterocycles. The molecule has 0 heterocycles. The van der Waals surface area contributed by atoms with Gasteiger partial charge in [0.2, 0.25) is 0 Å². The van der Waals surface area contributed by atoms with Crippen LogP contribution in [-0.4, -0.2) is 0 Å². The van der Waals surface area contributed by atoms with Crippen molar-refractivity contribution in [2.24, 2.45) is 47.3 Å². The Balaban J connectivity index is 3.63. The molecule has 6 unspecified atom stereocenters. The van der Waals surface area contributed by atoms with E-state index in [1.54, 1.807) is 0 Å². The maximum absolute atomic E-state index is 2.62. The molecular formula is C40H81. The Bertz CT molecular complexity index is 458. The first-order valence-corrected chi connectivity index (χ1v) is 18.8. The van der Waals surface area contributed by atoms with Crippen LogP contribution in [0.15, 0.2) is 0 Å². The van der Waals surface area contributed by atoms with E-state index in [2.05, 4.69) is 75.7 Å². The molecule has 0 saturated heterocycles. The molecule has 0 fully saturated rings. The molecule has 0 aliphatic heterocycles. The topological polar surface area (TPSA) is 0 Å². The van der Waals surface area contributed by atoms with Crippen molar-refractivity contribution in [2.45, 2.75) is 204 Å². The van der Waals surface area contributed by atoms with Gasteiger partial charge in [-0.3, -0.25) is 0 Å². The fraction of sp³-hybridized carbons (Fsp3) is 0.975. The average molecular weight is 562 g/mol. The lowest BCUT2D eigenvalue weighted by Crippen LogP contribution is -2.02. The largest absolute Gasteiger partial charge is 0.0628 e. The lowest BCUT2D eigenvalue weighted by molar-refractivity contribution is 0.371. The smallest absolute Gasteiger partial charge is 0.0383 e. The quantitative estimate of drug-likeness (QED) is 0.0796. The van der Waals surface area contributed by atoms with Crippen molar-refractivity contribution in [1.29, 1.82) is 0 Å². The van der Waals surface area contributed by atoms with Crippen LogP contribution >= 0.6 is 0 Å². The maximum atomic E-state index is 2.62. The van der Waals surface area contributed by atoms with E-state index in [4.69, 9.17) is 0 Å². The normalized spacial score (nSPS) is 16.8. The van der Waals surface area contributed by atoms with Gasteiger partial charge in [0.25, 0.3) is 0 Å². The van der Waals surface area contributed by atoms with E-state index in [0.29, 0.717) is 0 Å². The first-order valence-electron chi connectivity index (χ1n) is 18.8. The van der Waals surface area contributed by atoms with Crippen LogP contribution in [0.2, 0.25) is 0 Å². The zero-order chi connectivity index (χ0) is 30.2. The minimum Gasteiger partial charge on any atom is -0.0628 e. The van der Waals surface area contributed by atoms with Crippen LogP contribution in [0, 0.1) is 53.8 Å². The standard InChI is InChI=1S/C40H81/c1-33(2)19-13-23-37(7)27-17-31-39(9)29-15-25-35(5)21-11-12-22-36(6)26-16-30-40(10)32-18-28-38(8)24-14-20-34(3)4/h11,33-40H,12-32H2,1-10H3. The average Bonchev–Trinajstić information content (AvgIpc) is 2.86. The lowest BCUT2D eigenvalue weighted by atomic mass is 9.89. The molecule has 0 aliphatic rings. The third-order valence-corrected chi connectivity index (χ3v) is 9.96. The second-order valence-electron chi connectivity index (χ2n) is 16.1. The molecule has 0 bridgehead atoms. The van der Waals surface area contributed by atoms with Crippen LogP contribution in [0.1, 0.15) is 204 Å². The molecular weight excluding hydrogens is 480 g/mol. The first-order chi connectivity index (χ1) is 19.0. The zero-order valence-corrected chi connectivity index (χ0v) is 30.0. The lowest BCUT2D eigenvalue weighted by Gasteiger charge is -2.17. The van der Waals surface area contributed by atoms with Crippen molar-refractivity contribution in [2.75, 3.05) is 0 Å². The van der Waals surface area contributed by atoms with Crippen LogP contribution in [-0.2, 0) is 0 Å². The van der Waals surface area contributed by atoms with Gasteiger partial charge in [-0.2, -0.15) is 0 Å². The summed E-state index contributed by atoms with van der Waals surface area (Å²) in [6.07, 6.45) is 32.6. The van der Waals surface area contributed by atoms with Crippen molar-refractivity contribution < 1.29 is 0 Å². The first kappa shape index (κ1) is 40.0. The van der Waals surface area contributed by atoms with E-state index >= 15 is 0 Å². The minimum atomic E-state index is 0.873. The van der Waals surface area contributed by atoms with Gasteiger partial charge < -0.3 is 0 Å². The van der Waals surface area contributed by atoms with Crippen molar-refractivity contribution in [3.05, 3.63) is 6.42 Å². The van der Waals surface area contributed by atoms with Crippen molar-refractivity contribution >= 4 is 0 Å². The molecule has 0 aromatic rings. The molecule has 0 aromatic carbocycles. The van der Waals surface area contributed by atoms with Gasteiger partial charge in [0.05, 0.1) is 0 Å². The van der Waals surface area contributed by atoms with E-state index in [1.807, 2.05) is 0 Å². The third kappa shape index (κ3) is 28.1. The summed E-state index contributed by atoms with van der Waals surface area (Å²) >= 11 is 0. The Hall–Kier alpha value is 0. The minimum absolute atomic E-state index is 0.873. The molecule has 0 amide bonds. The van der Waals surface area contributed by atoms with Gasteiger partial charge in [-0.05, 0) is 66.6 Å². The van der Waals surface area contributed by atoms with Crippen molar-refractivity contribution in [3.63, 3.8) is 0 Å². The van der Waals surface area contributed by atoms with Crippen LogP contribution in [0.5, 0.6) is 0 Å². The summed E-state index contributed by atoms with van der Waals surface area (Å²) in [6, 6.07) is 0. The Morgan fingerprint density at radius 3 is 0.850 bits per heavy atom. The fourth-order valence-electron chi connectivity index (χ4n) is 6.65. The Morgan fingerprint density at radius 2 is 0.550 bits per heavy atom. The molecule has 0 N–H and O–H groups in total. The van der Waals surface area contributed by atoms with Crippen LogP contribution in [0.3, 0.4) is 0 Å². The van der Waals surface area contributed by atoms with E-state index in [-0.39, 0.29) is 0 Å². The van der Waals surface area contributed by atoms with Gasteiger partial charge in [-0.1, -0.05) is 191 Å². The summed E-state index contributed by atoms with van der Waals surface area (Å²) in [5.41, 5.74) is 0. The van der Waals surface area contributed by atoms with E-state index in [0.717, 1.165) is 47.3 Å². The molecule has 6 atom stereocenters.